The summed E-state index contributed by atoms with van der Waals surface area (Å²) in [5, 5.41) is 24.8. The van der Waals surface area contributed by atoms with Gasteiger partial charge in [-0.15, -0.1) is 11.3 Å². The molecule has 3 N–H and O–H groups in total. The number of anilines is 2. The molecule has 0 bridgehead atoms. The van der Waals surface area contributed by atoms with Gasteiger partial charge >= 0.3 is 5.97 Å². The number of aryl methyl sites for hydroxylation is 1. The molecule has 0 unspecified atom stereocenters. The first-order chi connectivity index (χ1) is 16.5. The number of benzene rings is 1. The Balaban J connectivity index is 1.39. The van der Waals surface area contributed by atoms with Gasteiger partial charge in [0.2, 0.25) is 5.95 Å². The van der Waals surface area contributed by atoms with E-state index in [1.165, 1.54) is 17.5 Å². The van der Waals surface area contributed by atoms with Gasteiger partial charge in [-0.2, -0.15) is 0 Å². The number of aromatic nitrogens is 3. The van der Waals surface area contributed by atoms with Crippen LogP contribution >= 0.6 is 11.3 Å². The highest BCUT2D eigenvalue weighted by atomic mass is 32.1. The number of nitrogens with zero attached hydrogens (tertiary/aromatic N) is 3. The molecule has 2 aromatic heterocycles. The molecule has 1 aromatic carbocycles. The molecule has 0 amide bonds. The van der Waals surface area contributed by atoms with Gasteiger partial charge < -0.3 is 15.5 Å². The number of carboxylic acid groups (broad SMARTS) is 1. The molecule has 3 aromatic rings. The summed E-state index contributed by atoms with van der Waals surface area (Å²) in [6.45, 7) is 5.78. The molecule has 0 aliphatic heterocycles. The lowest BCUT2D eigenvalue weighted by Gasteiger charge is -2.44. The number of nitrogens with one attached hydrogen (secondary N) is 1. The van der Waals surface area contributed by atoms with Crippen LogP contribution in [0.4, 0.5) is 16.0 Å². The lowest BCUT2D eigenvalue weighted by Crippen LogP contribution is -2.44. The van der Waals surface area contributed by atoms with Crippen LogP contribution in [-0.2, 0) is 10.4 Å². The van der Waals surface area contributed by atoms with Crippen LogP contribution in [-0.4, -0.2) is 31.1 Å². The summed E-state index contributed by atoms with van der Waals surface area (Å²) in [7, 11) is 0. The molecule has 2 atom stereocenters. The van der Waals surface area contributed by atoms with Gasteiger partial charge in [0, 0.05) is 17.8 Å². The van der Waals surface area contributed by atoms with Crippen LogP contribution in [0.25, 0.3) is 10.4 Å². The summed E-state index contributed by atoms with van der Waals surface area (Å²) in [5.41, 5.74) is 1.51. The highest BCUT2D eigenvalue weighted by Crippen LogP contribution is 2.51. The number of aliphatic carboxylic acids is 1. The van der Waals surface area contributed by atoms with Crippen molar-refractivity contribution in [3.05, 3.63) is 52.7 Å². The van der Waals surface area contributed by atoms with Crippen LogP contribution in [0.5, 0.6) is 0 Å². The number of thiazole rings is 1. The number of carboxylic acids is 1. The van der Waals surface area contributed by atoms with Crippen molar-refractivity contribution < 1.29 is 19.4 Å². The topological polar surface area (TPSA) is 108 Å². The minimum atomic E-state index is -1.15. The fourth-order valence-corrected chi connectivity index (χ4v) is 6.23. The zero-order chi connectivity index (χ0) is 25.0. The second-order valence-electron chi connectivity index (χ2n) is 10.6. The number of halogens is 1. The third-order valence-corrected chi connectivity index (χ3v) is 8.33. The SMILES string of the molecule is Cc1cc(Nc2ncc(F)c(C3CC3)n2)cc(-c2cnc([C@@]3(O)CC[C@@H](C(=O)O)C(C)(C)C3)s2)c1. The number of carbonyl (C=O) groups is 1. The summed E-state index contributed by atoms with van der Waals surface area (Å²) in [4.78, 5) is 25.6. The smallest absolute Gasteiger partial charge is 0.307 e. The first-order valence-electron chi connectivity index (χ1n) is 11.9. The molecule has 184 valence electrons. The summed E-state index contributed by atoms with van der Waals surface area (Å²) in [5.74, 6) is -1.11. The quantitative estimate of drug-likeness (QED) is 0.398. The molecule has 9 heteroatoms. The molecule has 2 aliphatic rings. The van der Waals surface area contributed by atoms with Gasteiger partial charge in [0.1, 0.15) is 10.6 Å². The van der Waals surface area contributed by atoms with E-state index in [9.17, 15) is 19.4 Å². The van der Waals surface area contributed by atoms with Gasteiger partial charge in [-0.1, -0.05) is 19.9 Å². The second kappa shape index (κ2) is 8.64. The van der Waals surface area contributed by atoms with Gasteiger partial charge in [0.15, 0.2) is 5.82 Å². The third-order valence-electron chi connectivity index (χ3n) is 7.09. The summed E-state index contributed by atoms with van der Waals surface area (Å²) >= 11 is 1.42. The number of rotatable bonds is 6. The highest BCUT2D eigenvalue weighted by molar-refractivity contribution is 7.15. The number of aliphatic hydroxyl groups is 1. The molecular formula is C26H29FN4O3S. The average Bonchev–Trinajstić information content (AvgIpc) is 3.48. The Morgan fingerprint density at radius 1 is 1.17 bits per heavy atom. The van der Waals surface area contributed by atoms with E-state index in [1.54, 1.807) is 6.20 Å². The lowest BCUT2D eigenvalue weighted by atomic mass is 9.63. The predicted octanol–water partition coefficient (Wildman–Crippen LogP) is 5.77. The Hall–Kier alpha value is -2.91. The molecule has 5 rings (SSSR count). The van der Waals surface area contributed by atoms with Gasteiger partial charge in [0.25, 0.3) is 0 Å². The van der Waals surface area contributed by atoms with E-state index in [4.69, 9.17) is 0 Å². The summed E-state index contributed by atoms with van der Waals surface area (Å²) in [6.07, 6.45) is 6.00. The van der Waals surface area contributed by atoms with Gasteiger partial charge in [-0.25, -0.2) is 19.3 Å². The van der Waals surface area contributed by atoms with Crippen LogP contribution in [0.2, 0.25) is 0 Å². The number of hydrogen-bond acceptors (Lipinski definition) is 7. The average molecular weight is 497 g/mol. The van der Waals surface area contributed by atoms with Crippen molar-refractivity contribution >= 4 is 28.9 Å². The van der Waals surface area contributed by atoms with Crippen LogP contribution in [0.15, 0.2) is 30.6 Å². The Labute approximate surface area is 207 Å². The normalized spacial score (nSPS) is 23.7. The predicted molar refractivity (Wildman–Crippen MR) is 132 cm³/mol. The maximum atomic E-state index is 14.0. The molecule has 35 heavy (non-hydrogen) atoms. The van der Waals surface area contributed by atoms with Crippen molar-refractivity contribution in [3.8, 4) is 10.4 Å². The van der Waals surface area contributed by atoms with Crippen molar-refractivity contribution in [2.24, 2.45) is 11.3 Å². The Morgan fingerprint density at radius 2 is 1.94 bits per heavy atom. The zero-order valence-electron chi connectivity index (χ0n) is 20.0. The van der Waals surface area contributed by atoms with Crippen molar-refractivity contribution in [1.29, 1.82) is 0 Å². The first-order valence-corrected chi connectivity index (χ1v) is 12.7. The first kappa shape index (κ1) is 23.8. The largest absolute Gasteiger partial charge is 0.481 e. The van der Waals surface area contributed by atoms with Crippen molar-refractivity contribution in [2.45, 2.75) is 64.4 Å². The molecule has 2 heterocycles. The fourth-order valence-electron chi connectivity index (χ4n) is 5.21. The zero-order valence-corrected chi connectivity index (χ0v) is 20.8. The van der Waals surface area contributed by atoms with E-state index >= 15 is 0 Å². The van der Waals surface area contributed by atoms with Crippen molar-refractivity contribution in [3.63, 3.8) is 0 Å². The highest BCUT2D eigenvalue weighted by Gasteiger charge is 2.49. The van der Waals surface area contributed by atoms with Crippen LogP contribution in [0, 0.1) is 24.1 Å². The Kier molecular flexibility index (Phi) is 5.88. The van der Waals surface area contributed by atoms with Gasteiger partial charge in [-0.3, -0.25) is 4.79 Å². The lowest BCUT2D eigenvalue weighted by molar-refractivity contribution is -0.154. The summed E-state index contributed by atoms with van der Waals surface area (Å²) in [6, 6.07) is 5.97. The Morgan fingerprint density at radius 3 is 2.63 bits per heavy atom. The van der Waals surface area contributed by atoms with E-state index in [0.29, 0.717) is 35.9 Å². The summed E-state index contributed by atoms with van der Waals surface area (Å²) < 4.78 is 14.0. The standard InChI is InChI=1S/C26H29FN4O3S/c1-14-8-16(10-17(9-14)30-24-29-11-19(27)21(31-24)15-4-5-15)20-12-28-23(35-20)26(34)7-6-18(22(32)33)25(2,3)13-26/h8-12,15,18,34H,4-7,13H2,1-3H3,(H,32,33)(H,29,30,31)/t18-,26+/m0/s1. The van der Waals surface area contributed by atoms with Crippen molar-refractivity contribution in [2.75, 3.05) is 5.32 Å². The van der Waals surface area contributed by atoms with Crippen LogP contribution in [0.1, 0.15) is 68.1 Å². The molecule has 0 spiro atoms. The maximum Gasteiger partial charge on any atom is 0.307 e. The van der Waals surface area contributed by atoms with E-state index in [1.807, 2.05) is 39.0 Å². The molecule has 7 nitrogen and oxygen atoms in total. The van der Waals surface area contributed by atoms with E-state index in [0.717, 1.165) is 34.5 Å². The molecule has 2 fully saturated rings. The molecule has 0 radical (unpaired) electrons. The molecular weight excluding hydrogens is 467 g/mol. The van der Waals surface area contributed by atoms with E-state index in [-0.39, 0.29) is 11.7 Å². The second-order valence-corrected chi connectivity index (χ2v) is 11.6. The van der Waals surface area contributed by atoms with Crippen molar-refractivity contribution in [1.82, 2.24) is 15.0 Å². The molecule has 2 aliphatic carbocycles. The number of hydrogen-bond donors (Lipinski definition) is 3. The fraction of sp³-hybridized carbons (Fsp3) is 0.462. The minimum Gasteiger partial charge on any atom is -0.481 e. The van der Waals surface area contributed by atoms with Crippen LogP contribution in [0.3, 0.4) is 0 Å². The van der Waals surface area contributed by atoms with Gasteiger partial charge in [-0.05, 0) is 67.7 Å². The van der Waals surface area contributed by atoms with Gasteiger partial charge in [0.05, 0.1) is 22.7 Å². The molecule has 0 saturated heterocycles. The minimum absolute atomic E-state index is 0.184. The van der Waals surface area contributed by atoms with Crippen LogP contribution < -0.4 is 5.32 Å². The van der Waals surface area contributed by atoms with E-state index in [2.05, 4.69) is 20.3 Å². The maximum absolute atomic E-state index is 14.0. The Bertz CT molecular complexity index is 1290. The monoisotopic (exact) mass is 496 g/mol. The third kappa shape index (κ3) is 4.79. The molecule has 2 saturated carbocycles. The van der Waals surface area contributed by atoms with E-state index < -0.39 is 22.9 Å².